The Morgan fingerprint density at radius 2 is 2.09 bits per heavy atom. The summed E-state index contributed by atoms with van der Waals surface area (Å²) >= 11 is 3.25. The number of methoxy groups -OCH3 is 1. The van der Waals surface area contributed by atoms with Gasteiger partial charge in [-0.1, -0.05) is 23.0 Å². The summed E-state index contributed by atoms with van der Waals surface area (Å²) in [6.45, 7) is 3.86. The number of benzene rings is 2. The van der Waals surface area contributed by atoms with Gasteiger partial charge < -0.3 is 19.7 Å². The Bertz CT molecular complexity index is 1250. The molecule has 0 radical (unpaired) electrons. The van der Waals surface area contributed by atoms with Crippen molar-refractivity contribution in [2.45, 2.75) is 36.8 Å². The number of aromatic nitrogens is 2. The van der Waals surface area contributed by atoms with Crippen LogP contribution in [0.5, 0.6) is 11.5 Å². The molecule has 2 heterocycles. The van der Waals surface area contributed by atoms with Crippen LogP contribution >= 0.6 is 23.1 Å². The smallest absolute Gasteiger partial charge is 0.224 e. The molecule has 0 bridgehead atoms. The third-order valence-electron chi connectivity index (χ3n) is 5.06. The summed E-state index contributed by atoms with van der Waals surface area (Å²) in [4.78, 5) is 17.1. The lowest BCUT2D eigenvalue weighted by Gasteiger charge is -2.07. The topological polar surface area (TPSA) is 97.5 Å². The second kappa shape index (κ2) is 9.62. The number of anilines is 1. The number of aryl methyl sites for hydroxylation is 3. The van der Waals surface area contributed by atoms with Crippen LogP contribution in [0.25, 0.3) is 10.2 Å². The molecule has 2 aromatic carbocycles. The molecule has 1 amide bonds. The van der Waals surface area contributed by atoms with Gasteiger partial charge in [0.25, 0.3) is 0 Å². The fourth-order valence-corrected chi connectivity index (χ4v) is 5.50. The number of nitrogens with zero attached hydrogens (tertiary/aromatic N) is 2. The van der Waals surface area contributed by atoms with Gasteiger partial charge in [0.2, 0.25) is 5.91 Å². The minimum absolute atomic E-state index is 0.0751. The molecule has 4 aromatic rings. The average molecular weight is 470 g/mol. The molecule has 0 fully saturated rings. The number of thiazole rings is 1. The lowest BCUT2D eigenvalue weighted by molar-refractivity contribution is -0.116. The summed E-state index contributed by atoms with van der Waals surface area (Å²) in [5.74, 6) is 2.01. The van der Waals surface area contributed by atoms with Crippen molar-refractivity contribution in [2.24, 2.45) is 0 Å². The lowest BCUT2D eigenvalue weighted by atomic mass is 10.1. The summed E-state index contributed by atoms with van der Waals surface area (Å²) in [6, 6.07) is 10.8. The van der Waals surface area contributed by atoms with Gasteiger partial charge in [-0.15, -0.1) is 11.3 Å². The van der Waals surface area contributed by atoms with Crippen molar-refractivity contribution >= 4 is 44.9 Å². The van der Waals surface area contributed by atoms with E-state index in [4.69, 9.17) is 9.26 Å². The molecule has 0 saturated carbocycles. The molecule has 0 aliphatic rings. The number of thioether (sulfide) groups is 1. The number of aromatic hydroxyl groups is 1. The van der Waals surface area contributed by atoms with Crippen molar-refractivity contribution in [3.8, 4) is 11.5 Å². The zero-order valence-electron chi connectivity index (χ0n) is 18.0. The highest BCUT2D eigenvalue weighted by Gasteiger charge is 2.12. The van der Waals surface area contributed by atoms with E-state index in [0.29, 0.717) is 18.6 Å². The number of phenols is 1. The molecule has 2 aromatic heterocycles. The average Bonchev–Trinajstić information content (AvgIpc) is 3.33. The van der Waals surface area contributed by atoms with Gasteiger partial charge in [-0.2, -0.15) is 0 Å². The summed E-state index contributed by atoms with van der Waals surface area (Å²) in [5, 5.41) is 16.6. The van der Waals surface area contributed by atoms with Crippen LogP contribution in [-0.4, -0.2) is 28.3 Å². The van der Waals surface area contributed by atoms with Gasteiger partial charge >= 0.3 is 0 Å². The molecule has 32 heavy (non-hydrogen) atoms. The summed E-state index contributed by atoms with van der Waals surface area (Å²) in [5.41, 5.74) is 4.59. The zero-order chi connectivity index (χ0) is 22.7. The highest BCUT2D eigenvalue weighted by molar-refractivity contribution is 8.00. The van der Waals surface area contributed by atoms with E-state index >= 15 is 0 Å². The number of ether oxygens (including phenoxy) is 1. The van der Waals surface area contributed by atoms with E-state index in [9.17, 15) is 9.90 Å². The van der Waals surface area contributed by atoms with Crippen LogP contribution in [-0.2, 0) is 17.0 Å². The summed E-state index contributed by atoms with van der Waals surface area (Å²) in [7, 11) is 1.50. The Balaban J connectivity index is 1.36. The Hall–Kier alpha value is -3.04. The Morgan fingerprint density at radius 1 is 1.25 bits per heavy atom. The molecule has 7 nitrogen and oxygen atoms in total. The Kier molecular flexibility index (Phi) is 6.66. The SMILES string of the molecule is COc1cc(CCC(=O)Nc2ccc3nc(SCc4c(C)noc4C)sc3c2)ccc1O. The van der Waals surface area contributed by atoms with Crippen LogP contribution in [0.2, 0.25) is 0 Å². The molecule has 9 heteroatoms. The summed E-state index contributed by atoms with van der Waals surface area (Å²) < 4.78 is 12.3. The van der Waals surface area contributed by atoms with Crippen LogP contribution in [0.3, 0.4) is 0 Å². The summed E-state index contributed by atoms with van der Waals surface area (Å²) in [6.07, 6.45) is 0.876. The van der Waals surface area contributed by atoms with Crippen molar-refractivity contribution in [3.05, 3.63) is 59.0 Å². The highest BCUT2D eigenvalue weighted by Crippen LogP contribution is 2.34. The second-order valence-corrected chi connectivity index (χ2v) is 9.56. The number of fused-ring (bicyclic) bond motifs is 1. The largest absolute Gasteiger partial charge is 0.504 e. The minimum atomic E-state index is -0.0751. The predicted octanol–water partition coefficient (Wildman–Crippen LogP) is 5.48. The number of nitrogens with one attached hydrogen (secondary N) is 1. The van der Waals surface area contributed by atoms with Gasteiger partial charge in [-0.05, 0) is 56.2 Å². The van der Waals surface area contributed by atoms with Crippen molar-refractivity contribution in [3.63, 3.8) is 0 Å². The minimum Gasteiger partial charge on any atom is -0.504 e. The van der Waals surface area contributed by atoms with Crippen LogP contribution in [0.1, 0.15) is 29.0 Å². The van der Waals surface area contributed by atoms with Crippen LogP contribution in [0, 0.1) is 13.8 Å². The van der Waals surface area contributed by atoms with Crippen LogP contribution < -0.4 is 10.1 Å². The molecule has 0 aliphatic heterocycles. The maximum Gasteiger partial charge on any atom is 0.224 e. The molecule has 166 valence electrons. The Labute approximate surface area is 193 Å². The van der Waals surface area contributed by atoms with E-state index in [1.165, 1.54) is 7.11 Å². The van der Waals surface area contributed by atoms with Gasteiger partial charge in [0.05, 0.1) is 23.0 Å². The van der Waals surface area contributed by atoms with Crippen molar-refractivity contribution < 1.29 is 19.2 Å². The molecule has 4 rings (SSSR count). The zero-order valence-corrected chi connectivity index (χ0v) is 19.6. The third kappa shape index (κ3) is 5.05. The van der Waals surface area contributed by atoms with Gasteiger partial charge in [-0.3, -0.25) is 4.79 Å². The Morgan fingerprint density at radius 3 is 2.84 bits per heavy atom. The second-order valence-electron chi connectivity index (χ2n) is 7.31. The first-order valence-corrected chi connectivity index (χ1v) is 11.8. The number of rotatable bonds is 8. The number of hydrogen-bond acceptors (Lipinski definition) is 8. The predicted molar refractivity (Wildman–Crippen MR) is 127 cm³/mol. The number of carbonyl (C=O) groups is 1. The number of hydrogen-bond donors (Lipinski definition) is 2. The number of carbonyl (C=O) groups excluding carboxylic acids is 1. The quantitative estimate of drug-likeness (QED) is 0.330. The molecular formula is C23H23N3O4S2. The lowest BCUT2D eigenvalue weighted by Crippen LogP contribution is -2.12. The van der Waals surface area contributed by atoms with E-state index in [2.05, 4.69) is 15.5 Å². The standard InChI is InChI=1S/C23H23N3O4S2/c1-13-17(14(2)30-26-13)12-31-23-25-18-7-6-16(11-21(18)32-23)24-22(28)9-5-15-4-8-19(27)20(10-15)29-3/h4,6-8,10-11,27H,5,9,12H2,1-3H3,(H,24,28). The fraction of sp³-hybridized carbons (Fsp3) is 0.261. The van der Waals surface area contributed by atoms with E-state index in [1.54, 1.807) is 41.3 Å². The van der Waals surface area contributed by atoms with E-state index < -0.39 is 0 Å². The van der Waals surface area contributed by atoms with Crippen LogP contribution in [0.4, 0.5) is 5.69 Å². The normalized spacial score (nSPS) is 11.1. The first kappa shape index (κ1) is 22.2. The first-order valence-electron chi connectivity index (χ1n) is 10.0. The molecule has 0 saturated heterocycles. The molecule has 0 spiro atoms. The third-order valence-corrected chi connectivity index (χ3v) is 7.25. The highest BCUT2D eigenvalue weighted by atomic mass is 32.2. The van der Waals surface area contributed by atoms with Crippen molar-refractivity contribution in [1.82, 2.24) is 10.1 Å². The van der Waals surface area contributed by atoms with Crippen LogP contribution in [0.15, 0.2) is 45.3 Å². The van der Waals surface area contributed by atoms with Crippen molar-refractivity contribution in [1.29, 1.82) is 0 Å². The number of amides is 1. The molecule has 2 N–H and O–H groups in total. The van der Waals surface area contributed by atoms with E-state index in [1.807, 2.05) is 32.0 Å². The van der Waals surface area contributed by atoms with Gasteiger partial charge in [0.1, 0.15) is 5.76 Å². The molecule has 0 unspecified atom stereocenters. The monoisotopic (exact) mass is 469 g/mol. The maximum absolute atomic E-state index is 12.4. The van der Waals surface area contributed by atoms with Gasteiger partial charge in [0, 0.05) is 23.4 Å². The van der Waals surface area contributed by atoms with Gasteiger partial charge in [0.15, 0.2) is 15.8 Å². The molecular weight excluding hydrogens is 446 g/mol. The molecule has 0 atom stereocenters. The van der Waals surface area contributed by atoms with Gasteiger partial charge in [-0.25, -0.2) is 4.98 Å². The molecule has 0 aliphatic carbocycles. The van der Waals surface area contributed by atoms with E-state index in [0.717, 1.165) is 48.6 Å². The maximum atomic E-state index is 12.4. The van der Waals surface area contributed by atoms with Crippen molar-refractivity contribution in [2.75, 3.05) is 12.4 Å². The number of phenolic OH excluding ortho intramolecular Hbond substituents is 1. The first-order chi connectivity index (χ1) is 15.4. The fourth-order valence-electron chi connectivity index (χ4n) is 3.24. The van der Waals surface area contributed by atoms with E-state index in [-0.39, 0.29) is 11.7 Å².